The van der Waals surface area contributed by atoms with Crippen molar-refractivity contribution < 1.29 is 29.4 Å². The average molecular weight is 489 g/mol. The van der Waals surface area contributed by atoms with E-state index in [0.717, 1.165) is 25.7 Å². The maximum atomic E-state index is 13.4. The highest BCUT2D eigenvalue weighted by atomic mass is 16.6. The highest BCUT2D eigenvalue weighted by Gasteiger charge is 2.59. The summed E-state index contributed by atoms with van der Waals surface area (Å²) in [4.78, 5) is 33.4. The van der Waals surface area contributed by atoms with Crippen molar-refractivity contribution in [2.24, 2.45) is 28.8 Å². The Morgan fingerprint density at radius 1 is 1.11 bits per heavy atom. The minimum Gasteiger partial charge on any atom is -0.392 e. The molecule has 4 fully saturated rings. The Morgan fingerprint density at radius 2 is 1.89 bits per heavy atom. The van der Waals surface area contributed by atoms with Gasteiger partial charge in [0.15, 0.2) is 0 Å². The highest BCUT2D eigenvalue weighted by molar-refractivity contribution is 6.06. The van der Waals surface area contributed by atoms with Crippen LogP contribution in [0.1, 0.15) is 65.7 Å². The van der Waals surface area contributed by atoms with Crippen LogP contribution in [-0.4, -0.2) is 70.7 Å². The molecular formula is C27H40N2O6. The van der Waals surface area contributed by atoms with Crippen molar-refractivity contribution in [2.45, 2.75) is 84.0 Å². The molecule has 194 valence electrons. The third-order valence-corrected chi connectivity index (χ3v) is 8.06. The largest absolute Gasteiger partial charge is 0.392 e. The number of hydrogen-bond acceptors (Lipinski definition) is 7. The summed E-state index contributed by atoms with van der Waals surface area (Å²) in [6, 6.07) is 0. The van der Waals surface area contributed by atoms with Gasteiger partial charge in [-0.25, -0.2) is 0 Å². The zero-order valence-electron chi connectivity index (χ0n) is 21.2. The number of likely N-dealkylation sites (tertiary alicyclic amines) is 1. The average Bonchev–Trinajstić information content (AvgIpc) is 3.42. The molecule has 0 unspecified atom stereocenters. The molecule has 0 aromatic rings. The first-order valence-corrected chi connectivity index (χ1v) is 13.1. The molecular weight excluding hydrogens is 448 g/mol. The Bertz CT molecular complexity index is 886. The fraction of sp³-hybridized carbons (Fsp3) is 0.741. The topological polar surface area (TPSA) is 109 Å². The predicted molar refractivity (Wildman–Crippen MR) is 131 cm³/mol. The van der Waals surface area contributed by atoms with Gasteiger partial charge < -0.3 is 19.8 Å². The van der Waals surface area contributed by atoms with Crippen LogP contribution in [0.3, 0.4) is 0 Å². The SMILES string of the molecule is CC(C)=CCCC(C)=CCON=C1C[C@@H](O)[C@@H](O)[C@@H]2[C@H]3C(=O)N(C[C@@H]4CCCO4)C(=O)[C@@H]3CC[C@H]12. The third kappa shape index (κ3) is 5.70. The molecule has 0 aromatic heterocycles. The highest BCUT2D eigenvalue weighted by Crippen LogP contribution is 2.49. The number of fused-ring (bicyclic) bond motifs is 3. The van der Waals surface area contributed by atoms with Gasteiger partial charge in [-0.05, 0) is 65.4 Å². The zero-order valence-corrected chi connectivity index (χ0v) is 21.2. The lowest BCUT2D eigenvalue weighted by atomic mass is 9.60. The van der Waals surface area contributed by atoms with Gasteiger partial charge in [0.05, 0.1) is 42.4 Å². The summed E-state index contributed by atoms with van der Waals surface area (Å²) >= 11 is 0. The fourth-order valence-corrected chi connectivity index (χ4v) is 6.20. The summed E-state index contributed by atoms with van der Waals surface area (Å²) in [6.07, 6.45) is 7.17. The fourth-order valence-electron chi connectivity index (χ4n) is 6.20. The van der Waals surface area contributed by atoms with E-state index in [0.29, 0.717) is 31.8 Å². The molecule has 8 heteroatoms. The molecule has 2 amide bonds. The lowest BCUT2D eigenvalue weighted by Gasteiger charge is -2.45. The normalized spacial score (nSPS) is 36.4. The van der Waals surface area contributed by atoms with Gasteiger partial charge in [-0.15, -0.1) is 0 Å². The standard InChI is InChI=1S/C27H40N2O6/c1-16(2)6-4-7-17(3)11-13-35-28-21-14-22(30)25(31)23-19(21)9-10-20-24(23)27(33)29(26(20)32)15-18-8-5-12-34-18/h6,11,18-20,22-25,30-31H,4-5,7-10,12-15H2,1-3H3/t18-,19+,20+,22+,23-,24-,25+/m0/s1. The van der Waals surface area contributed by atoms with Crippen molar-refractivity contribution in [3.63, 3.8) is 0 Å². The molecule has 2 N–H and O–H groups in total. The van der Waals surface area contributed by atoms with Gasteiger partial charge in [-0.2, -0.15) is 0 Å². The summed E-state index contributed by atoms with van der Waals surface area (Å²) in [5.74, 6) is -2.20. The third-order valence-electron chi connectivity index (χ3n) is 8.06. The maximum Gasteiger partial charge on any atom is 0.233 e. The van der Waals surface area contributed by atoms with Crippen LogP contribution >= 0.6 is 0 Å². The first kappa shape index (κ1) is 26.0. The smallest absolute Gasteiger partial charge is 0.233 e. The molecule has 0 aromatic carbocycles. The number of nitrogens with zero attached hydrogens (tertiary/aromatic N) is 2. The van der Waals surface area contributed by atoms with Crippen LogP contribution < -0.4 is 0 Å². The van der Waals surface area contributed by atoms with E-state index in [-0.39, 0.29) is 36.8 Å². The summed E-state index contributed by atoms with van der Waals surface area (Å²) < 4.78 is 5.65. The van der Waals surface area contributed by atoms with Gasteiger partial charge in [-0.1, -0.05) is 22.4 Å². The van der Waals surface area contributed by atoms with Crippen LogP contribution in [0.2, 0.25) is 0 Å². The molecule has 0 spiro atoms. The van der Waals surface area contributed by atoms with Gasteiger partial charge in [0.1, 0.15) is 6.61 Å². The van der Waals surface area contributed by atoms with Gasteiger partial charge in [0.25, 0.3) is 0 Å². The van der Waals surface area contributed by atoms with Crippen LogP contribution in [0, 0.1) is 23.7 Å². The van der Waals surface area contributed by atoms with Crippen molar-refractivity contribution in [2.75, 3.05) is 19.8 Å². The molecule has 2 heterocycles. The minimum absolute atomic E-state index is 0.107. The first-order chi connectivity index (χ1) is 16.8. The number of amides is 2. The second-order valence-electron chi connectivity index (χ2n) is 10.8. The molecule has 4 aliphatic rings. The molecule has 35 heavy (non-hydrogen) atoms. The van der Waals surface area contributed by atoms with Gasteiger partial charge in [0, 0.05) is 24.9 Å². The summed E-state index contributed by atoms with van der Waals surface area (Å²) in [5, 5.41) is 25.9. The molecule has 8 nitrogen and oxygen atoms in total. The summed E-state index contributed by atoms with van der Waals surface area (Å²) in [7, 11) is 0. The van der Waals surface area contributed by atoms with E-state index in [2.05, 4.69) is 32.0 Å². The number of carbonyl (C=O) groups excluding carboxylic acids is 2. The zero-order chi connectivity index (χ0) is 25.1. The number of aliphatic hydroxyl groups excluding tert-OH is 2. The lowest BCUT2D eigenvalue weighted by Crippen LogP contribution is -2.54. The minimum atomic E-state index is -1.07. The van der Waals surface area contributed by atoms with Crippen LogP contribution in [0.5, 0.6) is 0 Å². The number of rotatable bonds is 8. The molecule has 0 radical (unpaired) electrons. The first-order valence-electron chi connectivity index (χ1n) is 13.1. The van der Waals surface area contributed by atoms with Gasteiger partial charge in [-0.3, -0.25) is 14.5 Å². The maximum absolute atomic E-state index is 13.4. The Labute approximate surface area is 208 Å². The van der Waals surface area contributed by atoms with Crippen LogP contribution in [0.15, 0.2) is 28.5 Å². The second-order valence-corrected chi connectivity index (χ2v) is 10.8. The Balaban J connectivity index is 1.43. The van der Waals surface area contributed by atoms with Crippen molar-refractivity contribution >= 4 is 17.5 Å². The number of oxime groups is 1. The Hall–Kier alpha value is -2.03. The van der Waals surface area contributed by atoms with E-state index in [1.807, 2.05) is 6.08 Å². The van der Waals surface area contributed by atoms with E-state index in [9.17, 15) is 19.8 Å². The van der Waals surface area contributed by atoms with Crippen molar-refractivity contribution in [3.8, 4) is 0 Å². The van der Waals surface area contributed by atoms with Crippen molar-refractivity contribution in [3.05, 3.63) is 23.3 Å². The number of hydrogen-bond donors (Lipinski definition) is 2. The van der Waals surface area contributed by atoms with E-state index in [1.165, 1.54) is 16.0 Å². The van der Waals surface area contributed by atoms with Crippen LogP contribution in [-0.2, 0) is 19.2 Å². The molecule has 2 saturated carbocycles. The monoisotopic (exact) mass is 488 g/mol. The number of aliphatic hydroxyl groups is 2. The van der Waals surface area contributed by atoms with Gasteiger partial charge in [0.2, 0.25) is 11.8 Å². The molecule has 4 rings (SSSR count). The van der Waals surface area contributed by atoms with E-state index in [4.69, 9.17) is 9.57 Å². The van der Waals surface area contributed by atoms with Crippen LogP contribution in [0.25, 0.3) is 0 Å². The van der Waals surface area contributed by atoms with Crippen LogP contribution in [0.4, 0.5) is 0 Å². The predicted octanol–water partition coefficient (Wildman–Crippen LogP) is 2.98. The van der Waals surface area contributed by atoms with E-state index in [1.54, 1.807) is 0 Å². The molecule has 2 aliphatic carbocycles. The van der Waals surface area contributed by atoms with E-state index >= 15 is 0 Å². The second kappa shape index (κ2) is 11.4. The van der Waals surface area contributed by atoms with Gasteiger partial charge >= 0.3 is 0 Å². The number of imide groups is 1. The number of carbonyl (C=O) groups is 2. The molecule has 7 atom stereocenters. The number of allylic oxidation sites excluding steroid dienone is 3. The Morgan fingerprint density at radius 3 is 2.60 bits per heavy atom. The molecule has 0 bridgehead atoms. The number of ether oxygens (including phenoxy) is 1. The van der Waals surface area contributed by atoms with Crippen molar-refractivity contribution in [1.82, 2.24) is 4.90 Å². The van der Waals surface area contributed by atoms with Crippen molar-refractivity contribution in [1.29, 1.82) is 0 Å². The molecule has 2 saturated heterocycles. The van der Waals surface area contributed by atoms with E-state index < -0.39 is 30.0 Å². The lowest BCUT2D eigenvalue weighted by molar-refractivity contribution is -0.143. The summed E-state index contributed by atoms with van der Waals surface area (Å²) in [6.45, 7) is 7.52. The summed E-state index contributed by atoms with van der Waals surface area (Å²) in [5.41, 5.74) is 3.21. The Kier molecular flexibility index (Phi) is 8.45. The molecule has 2 aliphatic heterocycles. The quantitative estimate of drug-likeness (QED) is 0.235.